The van der Waals surface area contributed by atoms with Gasteiger partial charge in [-0.25, -0.2) is 8.78 Å². The molecule has 0 heterocycles. The van der Waals surface area contributed by atoms with Gasteiger partial charge in [-0.05, 0) is 18.6 Å². The molecule has 0 N–H and O–H groups in total. The monoisotopic (exact) mass is 242 g/mol. The van der Waals surface area contributed by atoms with Gasteiger partial charge in [-0.2, -0.15) is 0 Å². The molecule has 0 atom stereocenters. The first-order valence-electron chi connectivity index (χ1n) is 5.19. The smallest absolute Gasteiger partial charge is 0.313 e. The molecule has 0 radical (unpaired) electrons. The van der Waals surface area contributed by atoms with Gasteiger partial charge < -0.3 is 4.74 Å². The van der Waals surface area contributed by atoms with Gasteiger partial charge >= 0.3 is 5.97 Å². The van der Waals surface area contributed by atoms with Crippen LogP contribution in [0.4, 0.5) is 8.78 Å². The van der Waals surface area contributed by atoms with Crippen LogP contribution in [-0.4, -0.2) is 18.4 Å². The fraction of sp³-hybridized carbons (Fsp3) is 0.333. The number of hydrogen-bond acceptors (Lipinski definition) is 3. The Morgan fingerprint density at radius 3 is 2.65 bits per heavy atom. The molecule has 0 amide bonds. The van der Waals surface area contributed by atoms with Gasteiger partial charge in [-0.15, -0.1) is 0 Å². The molecule has 0 fully saturated rings. The molecule has 5 heteroatoms. The average Bonchev–Trinajstić information content (AvgIpc) is 2.29. The van der Waals surface area contributed by atoms with Crippen molar-refractivity contribution in [3.8, 4) is 0 Å². The third-order valence-corrected chi connectivity index (χ3v) is 2.02. The van der Waals surface area contributed by atoms with Gasteiger partial charge in [0.15, 0.2) is 17.4 Å². The van der Waals surface area contributed by atoms with Crippen LogP contribution in [0.5, 0.6) is 0 Å². The minimum absolute atomic E-state index is 0.206. The molecule has 0 aromatic heterocycles. The van der Waals surface area contributed by atoms with Crippen molar-refractivity contribution in [2.75, 3.05) is 6.61 Å². The topological polar surface area (TPSA) is 43.4 Å². The van der Waals surface area contributed by atoms with E-state index >= 15 is 0 Å². The molecule has 0 spiro atoms. The number of Topliss-reactive ketones (excluding diaryl/α,β-unsaturated/α-hetero) is 1. The summed E-state index contributed by atoms with van der Waals surface area (Å²) in [4.78, 5) is 22.6. The Balaban J connectivity index is 2.70. The molecular weight excluding hydrogens is 230 g/mol. The van der Waals surface area contributed by atoms with Gasteiger partial charge in [-0.3, -0.25) is 9.59 Å². The van der Waals surface area contributed by atoms with Crippen molar-refractivity contribution in [1.29, 1.82) is 0 Å². The van der Waals surface area contributed by atoms with Crippen LogP contribution in [0.15, 0.2) is 18.2 Å². The minimum atomic E-state index is -1.24. The number of halogens is 2. The number of rotatable bonds is 5. The number of hydrogen-bond donors (Lipinski definition) is 0. The molecule has 1 aromatic carbocycles. The highest BCUT2D eigenvalue weighted by Gasteiger charge is 2.18. The zero-order chi connectivity index (χ0) is 12.8. The Morgan fingerprint density at radius 1 is 1.29 bits per heavy atom. The van der Waals surface area contributed by atoms with E-state index in [1.807, 2.05) is 0 Å². The molecule has 0 aliphatic carbocycles. The van der Waals surface area contributed by atoms with Crippen LogP contribution >= 0.6 is 0 Å². The minimum Gasteiger partial charge on any atom is -0.465 e. The summed E-state index contributed by atoms with van der Waals surface area (Å²) in [6.07, 6.45) is 0.0502. The van der Waals surface area contributed by atoms with Crippen molar-refractivity contribution in [2.24, 2.45) is 0 Å². The normalized spacial score (nSPS) is 10.1. The van der Waals surface area contributed by atoms with Crippen LogP contribution in [-0.2, 0) is 9.53 Å². The summed E-state index contributed by atoms with van der Waals surface area (Å²) in [6, 6.07) is 3.25. The Labute approximate surface area is 97.4 Å². The molecule has 0 saturated carbocycles. The molecule has 17 heavy (non-hydrogen) atoms. The van der Waals surface area contributed by atoms with Gasteiger partial charge in [0.1, 0.15) is 6.42 Å². The third-order valence-electron chi connectivity index (χ3n) is 2.02. The lowest BCUT2D eigenvalue weighted by molar-refractivity contribution is -0.142. The molecule has 1 rings (SSSR count). The predicted octanol–water partition coefficient (Wildman–Crippen LogP) is 2.49. The molecular formula is C12H12F2O3. The van der Waals surface area contributed by atoms with Crippen LogP contribution in [0.25, 0.3) is 0 Å². The number of carbonyl (C=O) groups excluding carboxylic acids is 2. The zero-order valence-corrected chi connectivity index (χ0v) is 9.33. The van der Waals surface area contributed by atoms with Crippen molar-refractivity contribution < 1.29 is 23.1 Å². The molecule has 0 saturated heterocycles. The SMILES string of the molecule is CCCOC(=O)CC(=O)c1cccc(F)c1F. The number of ketones is 1. The number of esters is 1. The van der Waals surface area contributed by atoms with E-state index in [1.54, 1.807) is 6.92 Å². The summed E-state index contributed by atoms with van der Waals surface area (Å²) in [5.41, 5.74) is -0.432. The maximum absolute atomic E-state index is 13.2. The maximum Gasteiger partial charge on any atom is 0.313 e. The van der Waals surface area contributed by atoms with Crippen molar-refractivity contribution in [3.05, 3.63) is 35.4 Å². The number of benzene rings is 1. The number of ether oxygens (including phenoxy) is 1. The summed E-state index contributed by atoms with van der Waals surface area (Å²) in [5.74, 6) is -3.87. The van der Waals surface area contributed by atoms with E-state index in [0.29, 0.717) is 6.42 Å². The third kappa shape index (κ3) is 3.62. The summed E-state index contributed by atoms with van der Waals surface area (Å²) < 4.78 is 30.7. The Kier molecular flexibility index (Phi) is 4.75. The van der Waals surface area contributed by atoms with E-state index in [2.05, 4.69) is 4.74 Å². The molecule has 0 bridgehead atoms. The molecule has 3 nitrogen and oxygen atoms in total. The quantitative estimate of drug-likeness (QED) is 0.452. The lowest BCUT2D eigenvalue weighted by atomic mass is 10.1. The van der Waals surface area contributed by atoms with E-state index < -0.39 is 35.4 Å². The highest BCUT2D eigenvalue weighted by Crippen LogP contribution is 2.13. The largest absolute Gasteiger partial charge is 0.465 e. The van der Waals surface area contributed by atoms with Crippen LogP contribution in [0.1, 0.15) is 30.1 Å². The number of carbonyl (C=O) groups is 2. The van der Waals surface area contributed by atoms with E-state index in [0.717, 1.165) is 12.1 Å². The fourth-order valence-electron chi connectivity index (χ4n) is 1.21. The molecule has 0 unspecified atom stereocenters. The van der Waals surface area contributed by atoms with Gasteiger partial charge in [0.2, 0.25) is 0 Å². The first-order valence-corrected chi connectivity index (χ1v) is 5.19. The van der Waals surface area contributed by atoms with E-state index in [-0.39, 0.29) is 6.61 Å². The second kappa shape index (κ2) is 6.08. The van der Waals surface area contributed by atoms with E-state index in [4.69, 9.17) is 0 Å². The van der Waals surface area contributed by atoms with Gasteiger partial charge in [0.25, 0.3) is 0 Å². The second-order valence-corrected chi connectivity index (χ2v) is 3.42. The van der Waals surface area contributed by atoms with Crippen molar-refractivity contribution in [2.45, 2.75) is 19.8 Å². The first-order chi connectivity index (χ1) is 8.06. The van der Waals surface area contributed by atoms with Crippen LogP contribution < -0.4 is 0 Å². The first kappa shape index (κ1) is 13.3. The zero-order valence-electron chi connectivity index (χ0n) is 9.33. The van der Waals surface area contributed by atoms with Gasteiger partial charge in [0.05, 0.1) is 12.2 Å². The maximum atomic E-state index is 13.2. The highest BCUT2D eigenvalue weighted by atomic mass is 19.2. The lowest BCUT2D eigenvalue weighted by Gasteiger charge is -2.04. The Bertz CT molecular complexity index is 430. The fourth-order valence-corrected chi connectivity index (χ4v) is 1.21. The molecule has 92 valence electrons. The predicted molar refractivity (Wildman–Crippen MR) is 56.6 cm³/mol. The molecule has 0 aliphatic rings. The standard InChI is InChI=1S/C12H12F2O3/c1-2-6-17-11(16)7-10(15)8-4-3-5-9(13)12(8)14/h3-5H,2,6-7H2,1H3. The van der Waals surface area contributed by atoms with Gasteiger partial charge in [0, 0.05) is 0 Å². The van der Waals surface area contributed by atoms with E-state index in [9.17, 15) is 18.4 Å². The van der Waals surface area contributed by atoms with Crippen molar-refractivity contribution in [3.63, 3.8) is 0 Å². The Morgan fingerprint density at radius 2 is 2.00 bits per heavy atom. The van der Waals surface area contributed by atoms with Crippen molar-refractivity contribution >= 4 is 11.8 Å². The Hall–Kier alpha value is -1.78. The summed E-state index contributed by atoms with van der Waals surface area (Å²) >= 11 is 0. The van der Waals surface area contributed by atoms with Gasteiger partial charge in [-0.1, -0.05) is 13.0 Å². The van der Waals surface area contributed by atoms with Crippen LogP contribution in [0, 0.1) is 11.6 Å². The molecule has 1 aromatic rings. The van der Waals surface area contributed by atoms with E-state index in [1.165, 1.54) is 6.07 Å². The summed E-state index contributed by atoms with van der Waals surface area (Å²) in [6.45, 7) is 2.01. The van der Waals surface area contributed by atoms with Crippen LogP contribution in [0.3, 0.4) is 0 Å². The summed E-state index contributed by atoms with van der Waals surface area (Å²) in [7, 11) is 0. The molecule has 0 aliphatic heterocycles. The summed E-state index contributed by atoms with van der Waals surface area (Å²) in [5, 5.41) is 0. The lowest BCUT2D eigenvalue weighted by Crippen LogP contribution is -2.13. The highest BCUT2D eigenvalue weighted by molar-refractivity contribution is 6.06. The second-order valence-electron chi connectivity index (χ2n) is 3.42. The average molecular weight is 242 g/mol. The van der Waals surface area contributed by atoms with Crippen molar-refractivity contribution in [1.82, 2.24) is 0 Å². The van der Waals surface area contributed by atoms with Crippen LogP contribution in [0.2, 0.25) is 0 Å².